The lowest BCUT2D eigenvalue weighted by Gasteiger charge is -2.11. The Morgan fingerprint density at radius 3 is 2.67 bits per heavy atom. The molecule has 9 nitrogen and oxygen atoms in total. The second-order valence-corrected chi connectivity index (χ2v) is 7.64. The zero-order chi connectivity index (χ0) is 23.5. The molecule has 1 atom stereocenters. The third kappa shape index (κ3) is 4.30. The average molecular weight is 447 g/mol. The normalized spacial score (nSPS) is 12.5. The Morgan fingerprint density at radius 1 is 1.24 bits per heavy atom. The van der Waals surface area contributed by atoms with Crippen LogP contribution >= 0.6 is 0 Å². The van der Waals surface area contributed by atoms with Crippen molar-refractivity contribution in [2.45, 2.75) is 33.2 Å². The monoisotopic (exact) mass is 446 g/mol. The summed E-state index contributed by atoms with van der Waals surface area (Å²) in [5.74, 6) is 0.210. The summed E-state index contributed by atoms with van der Waals surface area (Å²) in [7, 11) is 0. The van der Waals surface area contributed by atoms with E-state index in [4.69, 9.17) is 10.5 Å². The fourth-order valence-corrected chi connectivity index (χ4v) is 3.39. The summed E-state index contributed by atoms with van der Waals surface area (Å²) in [4.78, 5) is 22.4. The number of carbonyl (C=O) groups excluding carboxylic acids is 1. The number of amides is 1. The predicted octanol–water partition coefficient (Wildman–Crippen LogP) is 3.68. The van der Waals surface area contributed by atoms with Crippen molar-refractivity contribution < 1.29 is 14.6 Å². The number of rotatable bonds is 7. The van der Waals surface area contributed by atoms with Gasteiger partial charge in [-0.1, -0.05) is 19.1 Å². The van der Waals surface area contributed by atoms with Crippen LogP contribution in [-0.2, 0) is 0 Å². The molecule has 0 aliphatic heterocycles. The molecule has 2 aromatic heterocycles. The molecule has 0 fully saturated rings. The summed E-state index contributed by atoms with van der Waals surface area (Å²) >= 11 is 0. The van der Waals surface area contributed by atoms with Gasteiger partial charge in [-0.2, -0.15) is 9.78 Å². The molecule has 0 radical (unpaired) electrons. The minimum absolute atomic E-state index is 0.0267. The lowest BCUT2D eigenvalue weighted by molar-refractivity contribution is 0.0941. The first-order valence-electron chi connectivity index (χ1n) is 10.8. The molecule has 0 bridgehead atoms. The number of carbonyl (C=O) groups is 1. The number of nitrogen functional groups attached to an aromatic ring is 1. The average Bonchev–Trinajstić information content (AvgIpc) is 3.08. The van der Waals surface area contributed by atoms with E-state index in [1.54, 1.807) is 18.3 Å². The smallest absolute Gasteiger partial charge is 0.257 e. The van der Waals surface area contributed by atoms with Gasteiger partial charge in [-0.3, -0.25) is 4.79 Å². The summed E-state index contributed by atoms with van der Waals surface area (Å²) in [6.07, 6.45) is 2.34. The van der Waals surface area contributed by atoms with E-state index in [9.17, 15) is 9.90 Å². The number of phenolic OH excluding ortho intramolecular Hbond substituents is 1. The molecule has 0 aliphatic carbocycles. The number of anilines is 1. The molecule has 2 aromatic carbocycles. The number of ether oxygens (including phenoxy) is 1. The van der Waals surface area contributed by atoms with Crippen LogP contribution in [0.25, 0.3) is 22.2 Å². The highest BCUT2D eigenvalue weighted by Gasteiger charge is 2.24. The van der Waals surface area contributed by atoms with Crippen LogP contribution in [0, 0.1) is 0 Å². The summed E-state index contributed by atoms with van der Waals surface area (Å²) in [5, 5.41) is 17.4. The molecule has 0 spiro atoms. The van der Waals surface area contributed by atoms with Crippen molar-refractivity contribution in [1.82, 2.24) is 20.0 Å². The quantitative estimate of drug-likeness (QED) is 0.372. The van der Waals surface area contributed by atoms with Crippen LogP contribution in [-0.4, -0.2) is 44.5 Å². The van der Waals surface area contributed by atoms with E-state index in [0.29, 0.717) is 40.1 Å². The molecule has 0 saturated heterocycles. The Bertz CT molecular complexity index is 1360. The number of aromatic nitrogens is 3. The highest BCUT2D eigenvalue weighted by Crippen LogP contribution is 2.29. The number of benzene rings is 2. The fraction of sp³-hybridized carbons (Fsp3) is 0.250. The van der Waals surface area contributed by atoms with Crippen LogP contribution in [0.3, 0.4) is 0 Å². The van der Waals surface area contributed by atoms with Gasteiger partial charge in [0.2, 0.25) is 0 Å². The molecule has 1 amide bonds. The van der Waals surface area contributed by atoms with Crippen molar-refractivity contribution >= 4 is 40.1 Å². The van der Waals surface area contributed by atoms with Gasteiger partial charge in [-0.15, -0.1) is 0 Å². The Balaban J connectivity index is 1.86. The third-order valence-corrected chi connectivity index (χ3v) is 5.30. The van der Waals surface area contributed by atoms with Gasteiger partial charge in [0.25, 0.3) is 5.91 Å². The molecular formula is C24H26N6O3. The zero-order valence-corrected chi connectivity index (χ0v) is 18.7. The van der Waals surface area contributed by atoms with E-state index in [1.165, 1.54) is 10.7 Å². The molecule has 4 aromatic rings. The first-order valence-corrected chi connectivity index (χ1v) is 10.8. The van der Waals surface area contributed by atoms with Gasteiger partial charge in [0.1, 0.15) is 16.9 Å². The molecule has 2 heterocycles. The van der Waals surface area contributed by atoms with Crippen LogP contribution in [0.1, 0.15) is 43.1 Å². The molecular weight excluding hydrogens is 420 g/mol. The van der Waals surface area contributed by atoms with Crippen LogP contribution in [0.2, 0.25) is 0 Å². The van der Waals surface area contributed by atoms with E-state index in [0.717, 1.165) is 6.42 Å². The van der Waals surface area contributed by atoms with E-state index in [-0.39, 0.29) is 29.1 Å². The Kier molecular flexibility index (Phi) is 6.12. The molecule has 0 aliphatic rings. The van der Waals surface area contributed by atoms with Crippen molar-refractivity contribution in [2.24, 2.45) is 5.10 Å². The summed E-state index contributed by atoms with van der Waals surface area (Å²) in [5.41, 5.74) is 9.40. The maximum atomic E-state index is 13.1. The predicted molar refractivity (Wildman–Crippen MR) is 129 cm³/mol. The van der Waals surface area contributed by atoms with Crippen LogP contribution in [0.15, 0.2) is 47.6 Å². The highest BCUT2D eigenvalue weighted by molar-refractivity contribution is 6.10. The number of aromatic hydroxyl groups is 1. The van der Waals surface area contributed by atoms with E-state index in [1.807, 2.05) is 45.0 Å². The van der Waals surface area contributed by atoms with Crippen molar-refractivity contribution in [3.63, 3.8) is 0 Å². The van der Waals surface area contributed by atoms with Gasteiger partial charge >= 0.3 is 0 Å². The minimum Gasteiger partial charge on any atom is -0.504 e. The first-order chi connectivity index (χ1) is 15.9. The molecule has 33 heavy (non-hydrogen) atoms. The number of hydrogen-bond acceptors (Lipinski definition) is 7. The zero-order valence-electron chi connectivity index (χ0n) is 18.7. The number of nitrogens with one attached hydrogen (secondary N) is 1. The largest absolute Gasteiger partial charge is 0.504 e. The van der Waals surface area contributed by atoms with Gasteiger partial charge in [-0.25, -0.2) is 9.97 Å². The lowest BCUT2D eigenvalue weighted by atomic mass is 10.2. The first kappa shape index (κ1) is 22.1. The number of phenols is 1. The van der Waals surface area contributed by atoms with Crippen molar-refractivity contribution in [3.8, 4) is 11.5 Å². The van der Waals surface area contributed by atoms with E-state index >= 15 is 0 Å². The van der Waals surface area contributed by atoms with Crippen LogP contribution in [0.5, 0.6) is 11.5 Å². The van der Waals surface area contributed by atoms with Crippen molar-refractivity contribution in [2.75, 3.05) is 12.3 Å². The van der Waals surface area contributed by atoms with Gasteiger partial charge < -0.3 is 20.9 Å². The molecule has 9 heteroatoms. The van der Waals surface area contributed by atoms with Crippen LogP contribution in [0.4, 0.5) is 5.82 Å². The van der Waals surface area contributed by atoms with Crippen molar-refractivity contribution in [1.29, 1.82) is 0 Å². The van der Waals surface area contributed by atoms with Gasteiger partial charge in [-0.05, 0) is 56.2 Å². The van der Waals surface area contributed by atoms with Crippen LogP contribution < -0.4 is 15.8 Å². The Hall–Kier alpha value is -4.14. The molecule has 1 unspecified atom stereocenters. The summed E-state index contributed by atoms with van der Waals surface area (Å²) < 4.78 is 6.85. The van der Waals surface area contributed by atoms with Gasteiger partial charge in [0.05, 0.1) is 23.9 Å². The summed E-state index contributed by atoms with van der Waals surface area (Å²) in [6, 6.07) is 12.3. The minimum atomic E-state index is -0.325. The molecule has 0 saturated carbocycles. The molecule has 4 N–H and O–H groups in total. The topological polar surface area (TPSA) is 128 Å². The SMILES string of the molecule is CCOc1cc(/C=N/n2c(N)c(C(=O)NC(C)CC)c3nc4ccccc4nc32)ccc1O. The van der Waals surface area contributed by atoms with E-state index < -0.39 is 0 Å². The second kappa shape index (κ2) is 9.15. The maximum absolute atomic E-state index is 13.1. The van der Waals surface area contributed by atoms with Crippen molar-refractivity contribution in [3.05, 3.63) is 53.6 Å². The Labute approximate surface area is 190 Å². The number of hydrogen-bond donors (Lipinski definition) is 3. The second-order valence-electron chi connectivity index (χ2n) is 7.64. The number of para-hydroxylation sites is 2. The highest BCUT2D eigenvalue weighted by atomic mass is 16.5. The van der Waals surface area contributed by atoms with Gasteiger partial charge in [0, 0.05) is 6.04 Å². The number of fused-ring (bicyclic) bond motifs is 2. The number of nitrogens with zero attached hydrogens (tertiary/aromatic N) is 4. The lowest BCUT2D eigenvalue weighted by Crippen LogP contribution is -2.32. The fourth-order valence-electron chi connectivity index (χ4n) is 3.39. The van der Waals surface area contributed by atoms with Gasteiger partial charge in [0.15, 0.2) is 17.1 Å². The maximum Gasteiger partial charge on any atom is 0.257 e. The molecule has 4 rings (SSSR count). The standard InChI is InChI=1S/C24H26N6O3/c1-4-14(3)27-24(32)20-21-23(29-17-9-7-6-8-16(17)28-21)30(22(20)25)26-13-15-10-11-18(31)19(12-15)33-5-2/h6-14,31H,4-5,25H2,1-3H3,(H,27,32)/b26-13+. The number of nitrogens with two attached hydrogens (primary N) is 1. The third-order valence-electron chi connectivity index (χ3n) is 5.30. The summed E-state index contributed by atoms with van der Waals surface area (Å²) in [6.45, 7) is 6.17. The molecule has 170 valence electrons. The van der Waals surface area contributed by atoms with E-state index in [2.05, 4.69) is 20.4 Å². The Morgan fingerprint density at radius 2 is 1.97 bits per heavy atom.